The van der Waals surface area contributed by atoms with Crippen LogP contribution in [0.15, 0.2) is 60.8 Å². The van der Waals surface area contributed by atoms with Gasteiger partial charge in [-0.1, -0.05) is 216 Å². The Kier molecular flexibility index (Phi) is 37.9. The molecule has 52 heavy (non-hydrogen) atoms. The Labute approximate surface area is 320 Å². The number of hydrogen-bond donors (Lipinski definition) is 3. The molecule has 0 heterocycles. The molecule has 0 aliphatic heterocycles. The number of allylic oxidation sites excluding steroid dienone is 9. The molecule has 300 valence electrons. The Morgan fingerprint density at radius 2 is 1.00 bits per heavy atom. The summed E-state index contributed by atoms with van der Waals surface area (Å²) in [5.74, 6) is -0.612. The minimum absolute atomic E-state index is 0.0182. The molecule has 0 saturated carbocycles. The number of hydrogen-bond acceptors (Lipinski definition) is 5. The van der Waals surface area contributed by atoms with Crippen LogP contribution in [0.2, 0.25) is 0 Å². The van der Waals surface area contributed by atoms with Crippen molar-refractivity contribution in [1.82, 2.24) is 5.32 Å². The summed E-state index contributed by atoms with van der Waals surface area (Å²) in [6, 6.07) is -0.736. The predicted molar refractivity (Wildman–Crippen MR) is 222 cm³/mol. The van der Waals surface area contributed by atoms with Crippen LogP contribution in [0.3, 0.4) is 0 Å². The van der Waals surface area contributed by atoms with Crippen LogP contribution < -0.4 is 5.32 Å². The van der Waals surface area contributed by atoms with Crippen LogP contribution in [0.4, 0.5) is 0 Å². The molecule has 0 radical (unpaired) electrons. The van der Waals surface area contributed by atoms with Gasteiger partial charge in [-0.15, -0.1) is 0 Å². The van der Waals surface area contributed by atoms with Gasteiger partial charge in [0.25, 0.3) is 0 Å². The second kappa shape index (κ2) is 39.8. The molecule has 6 heteroatoms. The first kappa shape index (κ1) is 49.6. The number of ether oxygens (including phenoxy) is 1. The molecule has 3 N–H and O–H groups in total. The van der Waals surface area contributed by atoms with Crippen molar-refractivity contribution < 1.29 is 24.5 Å². The summed E-state index contributed by atoms with van der Waals surface area (Å²) in [6.07, 6.45) is 47.3. The molecule has 0 aromatic carbocycles. The Hall–Kier alpha value is -2.44. The monoisotopic (exact) mass is 728 g/mol. The first-order valence-corrected chi connectivity index (χ1v) is 21.6. The fourth-order valence-electron chi connectivity index (χ4n) is 6.21. The molecular formula is C46H81NO5. The largest absolute Gasteiger partial charge is 0.461 e. The number of carbonyl (C=O) groups excluding carboxylic acids is 2. The average Bonchev–Trinajstić information content (AvgIpc) is 3.13. The Bertz CT molecular complexity index is 952. The molecule has 0 fully saturated rings. The fraction of sp³-hybridized carbons (Fsp3) is 0.739. The summed E-state index contributed by atoms with van der Waals surface area (Å²) >= 11 is 0. The standard InChI is InChI=1S/C46H81NO5/c1-4-7-10-13-16-19-22-24-26-29-32-35-38-44(49)43(41-48)47-45(50)40-42(37-34-31-28-25-23-20-17-14-11-8-5-2)52-46(51)39-36-33-30-27-21-18-15-12-9-6-3/h8,11,14,17,20,23,25,28,31,34,42-44,48-49H,4-7,9-10,12-13,15-16,18-19,21-22,24,26-27,29-30,32-33,35-41H2,1-3H3,(H,47,50)/b11-8+,17-14+,23-20-,28-25-,34-31+. The Morgan fingerprint density at radius 1 is 0.577 bits per heavy atom. The molecule has 0 aliphatic rings. The second-order valence-electron chi connectivity index (χ2n) is 14.5. The van der Waals surface area contributed by atoms with E-state index in [1.165, 1.54) is 103 Å². The van der Waals surface area contributed by atoms with E-state index in [1.807, 2.05) is 54.7 Å². The summed E-state index contributed by atoms with van der Waals surface area (Å²) < 4.78 is 5.79. The summed E-state index contributed by atoms with van der Waals surface area (Å²) in [5.41, 5.74) is 0. The number of aliphatic hydroxyl groups is 2. The molecule has 1 amide bonds. The van der Waals surface area contributed by atoms with E-state index in [-0.39, 0.29) is 24.9 Å². The maximum atomic E-state index is 13.0. The molecule has 0 saturated heterocycles. The zero-order valence-electron chi connectivity index (χ0n) is 33.9. The number of unbranched alkanes of at least 4 members (excludes halogenated alkanes) is 20. The number of amides is 1. The van der Waals surface area contributed by atoms with Gasteiger partial charge in [0.2, 0.25) is 5.91 Å². The van der Waals surface area contributed by atoms with Crippen molar-refractivity contribution in [3.05, 3.63) is 60.8 Å². The van der Waals surface area contributed by atoms with Gasteiger partial charge in [0.05, 0.1) is 25.2 Å². The van der Waals surface area contributed by atoms with E-state index >= 15 is 0 Å². The smallest absolute Gasteiger partial charge is 0.306 e. The van der Waals surface area contributed by atoms with Gasteiger partial charge in [0.1, 0.15) is 6.10 Å². The highest BCUT2D eigenvalue weighted by molar-refractivity contribution is 5.77. The topological polar surface area (TPSA) is 95.9 Å². The first-order valence-electron chi connectivity index (χ1n) is 21.6. The summed E-state index contributed by atoms with van der Waals surface area (Å²) in [7, 11) is 0. The first-order chi connectivity index (χ1) is 25.5. The third-order valence-corrected chi connectivity index (χ3v) is 9.49. The SMILES string of the molecule is CC/C=C/C=C/C=C\C=C/C=C/CC(CC(=O)NC(CO)C(O)CCCCCCCCCCCCCC)OC(=O)CCCCCCCCCCCC. The third kappa shape index (κ3) is 34.6. The lowest BCUT2D eigenvalue weighted by Gasteiger charge is -2.24. The summed E-state index contributed by atoms with van der Waals surface area (Å²) in [5, 5.41) is 23.5. The van der Waals surface area contributed by atoms with Crippen molar-refractivity contribution in [2.24, 2.45) is 0 Å². The minimum Gasteiger partial charge on any atom is -0.461 e. The van der Waals surface area contributed by atoms with Crippen LogP contribution in [0.5, 0.6) is 0 Å². The highest BCUT2D eigenvalue weighted by Gasteiger charge is 2.23. The van der Waals surface area contributed by atoms with Crippen molar-refractivity contribution in [3.8, 4) is 0 Å². The lowest BCUT2D eigenvalue weighted by molar-refractivity contribution is -0.150. The number of carbonyl (C=O) groups is 2. The molecule has 6 nitrogen and oxygen atoms in total. The van der Waals surface area contributed by atoms with Crippen LogP contribution in [-0.4, -0.2) is 46.9 Å². The second-order valence-corrected chi connectivity index (χ2v) is 14.5. The third-order valence-electron chi connectivity index (χ3n) is 9.49. The van der Waals surface area contributed by atoms with Gasteiger partial charge in [-0.05, 0) is 19.3 Å². The van der Waals surface area contributed by atoms with Crippen molar-refractivity contribution >= 4 is 11.9 Å². The van der Waals surface area contributed by atoms with Crippen LogP contribution in [-0.2, 0) is 14.3 Å². The predicted octanol–water partition coefficient (Wildman–Crippen LogP) is 12.1. The fourth-order valence-corrected chi connectivity index (χ4v) is 6.21. The van der Waals surface area contributed by atoms with Crippen LogP contribution >= 0.6 is 0 Å². The van der Waals surface area contributed by atoms with Gasteiger partial charge < -0.3 is 20.3 Å². The lowest BCUT2D eigenvalue weighted by Crippen LogP contribution is -2.46. The quantitative estimate of drug-likeness (QED) is 0.0336. The molecular weight excluding hydrogens is 647 g/mol. The highest BCUT2D eigenvalue weighted by atomic mass is 16.5. The van der Waals surface area contributed by atoms with Gasteiger partial charge in [-0.25, -0.2) is 0 Å². The molecule has 0 bridgehead atoms. The molecule has 0 aromatic rings. The zero-order valence-corrected chi connectivity index (χ0v) is 33.9. The van der Waals surface area contributed by atoms with E-state index in [0.717, 1.165) is 44.9 Å². The average molecular weight is 728 g/mol. The van der Waals surface area contributed by atoms with E-state index in [4.69, 9.17) is 4.74 Å². The van der Waals surface area contributed by atoms with Crippen molar-refractivity contribution in [2.75, 3.05) is 6.61 Å². The molecule has 3 unspecified atom stereocenters. The Morgan fingerprint density at radius 3 is 1.46 bits per heavy atom. The van der Waals surface area contributed by atoms with Crippen LogP contribution in [0.25, 0.3) is 0 Å². The minimum atomic E-state index is -0.815. The van der Waals surface area contributed by atoms with Gasteiger partial charge in [-0.2, -0.15) is 0 Å². The number of nitrogens with one attached hydrogen (secondary N) is 1. The van der Waals surface area contributed by atoms with Crippen molar-refractivity contribution in [3.63, 3.8) is 0 Å². The van der Waals surface area contributed by atoms with Gasteiger partial charge in [-0.3, -0.25) is 9.59 Å². The van der Waals surface area contributed by atoms with Crippen LogP contribution in [0, 0.1) is 0 Å². The van der Waals surface area contributed by atoms with Gasteiger partial charge in [0.15, 0.2) is 0 Å². The number of rotatable bonds is 37. The van der Waals surface area contributed by atoms with Gasteiger partial charge in [0, 0.05) is 12.8 Å². The molecule has 0 spiro atoms. The summed E-state index contributed by atoms with van der Waals surface area (Å²) in [6.45, 7) is 6.26. The molecule has 3 atom stereocenters. The molecule has 0 aromatic heterocycles. The van der Waals surface area contributed by atoms with E-state index in [2.05, 4.69) is 32.2 Å². The number of aliphatic hydroxyl groups excluding tert-OH is 2. The lowest BCUT2D eigenvalue weighted by atomic mass is 10.0. The molecule has 0 rings (SSSR count). The Balaban J connectivity index is 4.74. The van der Waals surface area contributed by atoms with E-state index < -0.39 is 18.2 Å². The maximum Gasteiger partial charge on any atom is 0.306 e. The molecule has 0 aliphatic carbocycles. The normalized spacial score (nSPS) is 14.0. The van der Waals surface area contributed by atoms with Crippen molar-refractivity contribution in [2.45, 2.75) is 212 Å². The van der Waals surface area contributed by atoms with Gasteiger partial charge >= 0.3 is 5.97 Å². The van der Waals surface area contributed by atoms with E-state index in [0.29, 0.717) is 19.3 Å². The highest BCUT2D eigenvalue weighted by Crippen LogP contribution is 2.16. The zero-order chi connectivity index (χ0) is 38.2. The summed E-state index contributed by atoms with van der Waals surface area (Å²) in [4.78, 5) is 25.8. The van der Waals surface area contributed by atoms with Crippen LogP contribution in [0.1, 0.15) is 194 Å². The number of esters is 1. The maximum absolute atomic E-state index is 13.0. The van der Waals surface area contributed by atoms with Crippen molar-refractivity contribution in [1.29, 1.82) is 0 Å². The van der Waals surface area contributed by atoms with E-state index in [1.54, 1.807) is 0 Å². The van der Waals surface area contributed by atoms with E-state index in [9.17, 15) is 19.8 Å².